The number of aliphatic carboxylic acids is 1. The summed E-state index contributed by atoms with van der Waals surface area (Å²) in [6.45, 7) is 1.85. The van der Waals surface area contributed by atoms with E-state index in [4.69, 9.17) is 17.0 Å². The Kier molecular flexibility index (Phi) is 5.84. The maximum absolute atomic E-state index is 12.6. The summed E-state index contributed by atoms with van der Waals surface area (Å²) in [5.41, 5.74) is 0.646. The predicted molar refractivity (Wildman–Crippen MR) is 96.0 cm³/mol. The summed E-state index contributed by atoms with van der Waals surface area (Å²) in [5, 5.41) is 19.0. The van der Waals surface area contributed by atoms with Crippen LogP contribution in [0.2, 0.25) is 0 Å². The first-order valence-electron chi connectivity index (χ1n) is 7.26. The van der Waals surface area contributed by atoms with E-state index in [-0.39, 0.29) is 15.8 Å². The summed E-state index contributed by atoms with van der Waals surface area (Å²) in [7, 11) is 1.43. The lowest BCUT2D eigenvalue weighted by atomic mass is 10.1. The van der Waals surface area contributed by atoms with Crippen LogP contribution in [-0.4, -0.2) is 44.5 Å². The lowest BCUT2D eigenvalue weighted by Gasteiger charge is -2.22. The molecule has 2 N–H and O–H groups in total. The van der Waals surface area contributed by atoms with Gasteiger partial charge in [-0.1, -0.05) is 43.4 Å². The van der Waals surface area contributed by atoms with Crippen LogP contribution in [-0.2, 0) is 9.59 Å². The Labute approximate surface area is 149 Å². The number of thiocarbonyl (C=S) groups is 1. The van der Waals surface area contributed by atoms with Crippen LogP contribution in [0.4, 0.5) is 0 Å². The van der Waals surface area contributed by atoms with Gasteiger partial charge < -0.3 is 14.9 Å². The molecule has 0 saturated carbocycles. The molecule has 1 fully saturated rings. The molecule has 24 heavy (non-hydrogen) atoms. The number of ether oxygens (including phenoxy) is 1. The molecule has 0 radical (unpaired) electrons. The van der Waals surface area contributed by atoms with Crippen molar-refractivity contribution in [3.8, 4) is 11.5 Å². The third kappa shape index (κ3) is 3.70. The van der Waals surface area contributed by atoms with Crippen molar-refractivity contribution in [2.24, 2.45) is 0 Å². The highest BCUT2D eigenvalue weighted by molar-refractivity contribution is 8.26. The Morgan fingerprint density at radius 2 is 2.21 bits per heavy atom. The SMILES string of the molecule is CCCC(C(=O)O)N1C(=O)C(=Cc2ccc(O)c(OC)c2)SC1=S. The second-order valence-corrected chi connectivity index (χ2v) is 6.80. The molecule has 1 aliphatic rings. The first-order valence-corrected chi connectivity index (χ1v) is 8.48. The predicted octanol–water partition coefficient (Wildman–Crippen LogP) is 2.86. The van der Waals surface area contributed by atoms with E-state index in [9.17, 15) is 19.8 Å². The zero-order chi connectivity index (χ0) is 17.9. The van der Waals surface area contributed by atoms with Crippen LogP contribution in [0.1, 0.15) is 25.3 Å². The molecule has 8 heteroatoms. The van der Waals surface area contributed by atoms with Gasteiger partial charge in [-0.25, -0.2) is 4.79 Å². The van der Waals surface area contributed by atoms with Crippen LogP contribution in [0, 0.1) is 0 Å². The fraction of sp³-hybridized carbons (Fsp3) is 0.312. The minimum atomic E-state index is -1.07. The van der Waals surface area contributed by atoms with E-state index in [0.717, 1.165) is 16.7 Å². The van der Waals surface area contributed by atoms with Crippen LogP contribution < -0.4 is 4.74 Å². The molecule has 1 aromatic carbocycles. The van der Waals surface area contributed by atoms with Gasteiger partial charge in [0.05, 0.1) is 12.0 Å². The van der Waals surface area contributed by atoms with E-state index in [2.05, 4.69) is 0 Å². The number of phenolic OH excluding ortho intramolecular Hbond substituents is 1. The zero-order valence-corrected chi connectivity index (χ0v) is 14.8. The van der Waals surface area contributed by atoms with Crippen molar-refractivity contribution in [2.75, 3.05) is 7.11 Å². The number of carbonyl (C=O) groups excluding carboxylic acids is 1. The minimum absolute atomic E-state index is 0.00362. The van der Waals surface area contributed by atoms with Crippen molar-refractivity contribution in [2.45, 2.75) is 25.8 Å². The van der Waals surface area contributed by atoms with E-state index in [0.29, 0.717) is 23.3 Å². The van der Waals surface area contributed by atoms with Gasteiger partial charge in [-0.15, -0.1) is 0 Å². The zero-order valence-electron chi connectivity index (χ0n) is 13.2. The number of thioether (sulfide) groups is 1. The van der Waals surface area contributed by atoms with Crippen LogP contribution in [0.3, 0.4) is 0 Å². The van der Waals surface area contributed by atoms with Gasteiger partial charge in [0, 0.05) is 0 Å². The second kappa shape index (κ2) is 7.67. The number of carboxylic acid groups (broad SMARTS) is 1. The fourth-order valence-electron chi connectivity index (χ4n) is 2.32. The van der Waals surface area contributed by atoms with Gasteiger partial charge >= 0.3 is 5.97 Å². The molecule has 0 spiro atoms. The van der Waals surface area contributed by atoms with Gasteiger partial charge in [0.2, 0.25) is 0 Å². The summed E-state index contributed by atoms with van der Waals surface area (Å²) in [6, 6.07) is 3.72. The van der Waals surface area contributed by atoms with Crippen molar-refractivity contribution >= 4 is 46.3 Å². The highest BCUT2D eigenvalue weighted by Crippen LogP contribution is 2.36. The topological polar surface area (TPSA) is 87.1 Å². The van der Waals surface area contributed by atoms with Crippen LogP contribution in [0.15, 0.2) is 23.1 Å². The summed E-state index contributed by atoms with van der Waals surface area (Å²) >= 11 is 6.26. The highest BCUT2D eigenvalue weighted by atomic mass is 32.2. The molecule has 1 aromatic rings. The van der Waals surface area contributed by atoms with Gasteiger partial charge in [0.15, 0.2) is 11.5 Å². The monoisotopic (exact) mass is 367 g/mol. The van der Waals surface area contributed by atoms with Gasteiger partial charge in [0.1, 0.15) is 10.4 Å². The van der Waals surface area contributed by atoms with Crippen molar-refractivity contribution in [1.82, 2.24) is 4.90 Å². The van der Waals surface area contributed by atoms with Gasteiger partial charge in [-0.2, -0.15) is 0 Å². The number of phenols is 1. The number of carbonyl (C=O) groups is 2. The molecule has 1 aliphatic heterocycles. The van der Waals surface area contributed by atoms with Crippen molar-refractivity contribution in [3.05, 3.63) is 28.7 Å². The molecule has 0 bridgehead atoms. The van der Waals surface area contributed by atoms with E-state index in [1.165, 1.54) is 13.2 Å². The summed E-state index contributed by atoms with van der Waals surface area (Å²) < 4.78 is 5.27. The number of amides is 1. The molecule has 1 unspecified atom stereocenters. The third-order valence-electron chi connectivity index (χ3n) is 3.48. The Morgan fingerprint density at radius 1 is 1.50 bits per heavy atom. The summed E-state index contributed by atoms with van der Waals surface area (Å²) in [5.74, 6) is -1.21. The fourth-order valence-corrected chi connectivity index (χ4v) is 3.68. The molecule has 2 rings (SSSR count). The van der Waals surface area contributed by atoms with E-state index in [1.54, 1.807) is 18.2 Å². The molecule has 1 amide bonds. The van der Waals surface area contributed by atoms with Crippen molar-refractivity contribution in [3.63, 3.8) is 0 Å². The summed E-state index contributed by atoms with van der Waals surface area (Å²) in [4.78, 5) is 25.5. The minimum Gasteiger partial charge on any atom is -0.504 e. The smallest absolute Gasteiger partial charge is 0.326 e. The molecule has 128 valence electrons. The summed E-state index contributed by atoms with van der Waals surface area (Å²) in [6.07, 6.45) is 2.57. The number of benzene rings is 1. The van der Waals surface area contributed by atoms with Gasteiger partial charge in [-0.05, 0) is 30.2 Å². The molecular formula is C16H17NO5S2. The largest absolute Gasteiger partial charge is 0.504 e. The average Bonchev–Trinajstić information content (AvgIpc) is 2.81. The normalized spacial score (nSPS) is 17.4. The molecular weight excluding hydrogens is 350 g/mol. The number of nitrogens with zero attached hydrogens (tertiary/aromatic N) is 1. The number of aromatic hydroxyl groups is 1. The van der Waals surface area contributed by atoms with E-state index < -0.39 is 17.9 Å². The second-order valence-electron chi connectivity index (χ2n) is 5.13. The molecule has 1 atom stereocenters. The Balaban J connectivity index is 2.32. The van der Waals surface area contributed by atoms with Gasteiger partial charge in [-0.3, -0.25) is 9.69 Å². The average molecular weight is 367 g/mol. The lowest BCUT2D eigenvalue weighted by molar-refractivity contribution is -0.145. The third-order valence-corrected chi connectivity index (χ3v) is 4.81. The van der Waals surface area contributed by atoms with Crippen molar-refractivity contribution < 1.29 is 24.5 Å². The number of carboxylic acids is 1. The molecule has 6 nitrogen and oxygen atoms in total. The van der Waals surface area contributed by atoms with Crippen molar-refractivity contribution in [1.29, 1.82) is 0 Å². The number of methoxy groups -OCH3 is 1. The maximum Gasteiger partial charge on any atom is 0.326 e. The Hall–Kier alpha value is -2.06. The Morgan fingerprint density at radius 3 is 2.79 bits per heavy atom. The number of hydrogen-bond acceptors (Lipinski definition) is 6. The first-order chi connectivity index (χ1) is 11.4. The maximum atomic E-state index is 12.6. The molecule has 1 heterocycles. The standard InChI is InChI=1S/C16H17NO5S2/c1-3-4-10(15(20)21)17-14(19)13(24-16(17)23)8-9-5-6-11(18)12(7-9)22-2/h5-8,10,18H,3-4H2,1-2H3,(H,20,21). The lowest BCUT2D eigenvalue weighted by Crippen LogP contribution is -2.43. The molecule has 1 saturated heterocycles. The van der Waals surface area contributed by atoms with E-state index >= 15 is 0 Å². The molecule has 0 aliphatic carbocycles. The number of hydrogen-bond donors (Lipinski definition) is 2. The highest BCUT2D eigenvalue weighted by Gasteiger charge is 2.39. The van der Waals surface area contributed by atoms with E-state index in [1.807, 2.05) is 6.92 Å². The van der Waals surface area contributed by atoms with Crippen LogP contribution in [0.5, 0.6) is 11.5 Å². The van der Waals surface area contributed by atoms with Gasteiger partial charge in [0.25, 0.3) is 5.91 Å². The van der Waals surface area contributed by atoms with Crippen LogP contribution >= 0.6 is 24.0 Å². The first kappa shape index (κ1) is 18.3. The number of rotatable bonds is 6. The molecule has 0 aromatic heterocycles. The quantitative estimate of drug-likeness (QED) is 0.590. The van der Waals surface area contributed by atoms with Crippen LogP contribution in [0.25, 0.3) is 6.08 Å². The Bertz CT molecular complexity index is 716.